The van der Waals surface area contributed by atoms with E-state index in [2.05, 4.69) is 61.3 Å². The second-order valence-corrected chi connectivity index (χ2v) is 6.23. The van der Waals surface area contributed by atoms with Crippen molar-refractivity contribution >= 4 is 35.9 Å². The van der Waals surface area contributed by atoms with E-state index in [1.165, 1.54) is 11.1 Å². The summed E-state index contributed by atoms with van der Waals surface area (Å²) in [5, 5.41) is 3.48. The molecule has 1 saturated heterocycles. The van der Waals surface area contributed by atoms with Gasteiger partial charge in [0.2, 0.25) is 5.95 Å². The van der Waals surface area contributed by atoms with E-state index in [1.54, 1.807) is 12.4 Å². The monoisotopic (exact) mass is 466 g/mol. The highest BCUT2D eigenvalue weighted by Crippen LogP contribution is 2.10. The summed E-state index contributed by atoms with van der Waals surface area (Å²) in [4.78, 5) is 17.6. The number of piperazine rings is 1. The van der Waals surface area contributed by atoms with Crippen LogP contribution in [0.4, 0.5) is 5.95 Å². The summed E-state index contributed by atoms with van der Waals surface area (Å²) in [6, 6.07) is 10.6. The summed E-state index contributed by atoms with van der Waals surface area (Å²) in [6.07, 6.45) is 4.58. The minimum atomic E-state index is 0. The molecule has 0 saturated carbocycles. The second-order valence-electron chi connectivity index (χ2n) is 6.23. The first-order valence-corrected chi connectivity index (χ1v) is 8.79. The summed E-state index contributed by atoms with van der Waals surface area (Å²) in [7, 11) is 1.85. The van der Waals surface area contributed by atoms with Gasteiger partial charge in [-0.05, 0) is 25.0 Å². The average Bonchev–Trinajstić information content (AvgIpc) is 2.68. The molecule has 1 fully saturated rings. The predicted molar refractivity (Wildman–Crippen MR) is 117 cm³/mol. The predicted octanol–water partition coefficient (Wildman–Crippen LogP) is 2.34. The van der Waals surface area contributed by atoms with Gasteiger partial charge in [-0.25, -0.2) is 9.97 Å². The minimum absolute atomic E-state index is 0. The van der Waals surface area contributed by atoms with E-state index in [-0.39, 0.29) is 24.0 Å². The summed E-state index contributed by atoms with van der Waals surface area (Å²) in [5.41, 5.74) is 2.65. The van der Waals surface area contributed by atoms with Crippen LogP contribution < -0.4 is 10.2 Å². The molecule has 0 unspecified atom stereocenters. The number of anilines is 1. The molecule has 0 atom stereocenters. The van der Waals surface area contributed by atoms with Crippen LogP contribution in [0.3, 0.4) is 0 Å². The van der Waals surface area contributed by atoms with Gasteiger partial charge in [0, 0.05) is 52.2 Å². The quantitative estimate of drug-likeness (QED) is 0.426. The lowest BCUT2D eigenvalue weighted by molar-refractivity contribution is 0.370. The Labute approximate surface area is 172 Å². The molecule has 1 N–H and O–H groups in total. The Morgan fingerprint density at radius 1 is 1.08 bits per heavy atom. The lowest BCUT2D eigenvalue weighted by Gasteiger charge is -2.36. The van der Waals surface area contributed by atoms with Gasteiger partial charge < -0.3 is 15.1 Å². The molecule has 0 aliphatic carbocycles. The number of nitrogens with zero attached hydrogens (tertiary/aromatic N) is 5. The van der Waals surface area contributed by atoms with Gasteiger partial charge in [-0.2, -0.15) is 0 Å². The fourth-order valence-corrected chi connectivity index (χ4v) is 2.98. The molecule has 0 amide bonds. The zero-order valence-electron chi connectivity index (χ0n) is 15.4. The number of aryl methyl sites for hydroxylation is 1. The maximum atomic E-state index is 4.44. The molecule has 0 radical (unpaired) electrons. The van der Waals surface area contributed by atoms with Crippen molar-refractivity contribution in [3.8, 4) is 0 Å². The molecule has 1 aliphatic heterocycles. The van der Waals surface area contributed by atoms with Gasteiger partial charge in [-0.15, -0.1) is 24.0 Å². The molecule has 1 aromatic carbocycles. The van der Waals surface area contributed by atoms with E-state index in [0.717, 1.165) is 51.1 Å². The number of halogens is 1. The summed E-state index contributed by atoms with van der Waals surface area (Å²) < 4.78 is 0. The molecule has 26 heavy (non-hydrogen) atoms. The van der Waals surface area contributed by atoms with E-state index >= 15 is 0 Å². The normalized spacial score (nSPS) is 14.8. The molecule has 1 aromatic heterocycles. The van der Waals surface area contributed by atoms with Crippen molar-refractivity contribution < 1.29 is 0 Å². The lowest BCUT2D eigenvalue weighted by Crippen LogP contribution is -2.53. The minimum Gasteiger partial charge on any atom is -0.356 e. The Bertz CT molecular complexity index is 681. The molecular weight excluding hydrogens is 439 g/mol. The molecule has 2 heterocycles. The highest BCUT2D eigenvalue weighted by atomic mass is 127. The van der Waals surface area contributed by atoms with Crippen LogP contribution >= 0.6 is 24.0 Å². The van der Waals surface area contributed by atoms with E-state index in [0.29, 0.717) is 0 Å². The maximum Gasteiger partial charge on any atom is 0.225 e. The maximum absolute atomic E-state index is 4.44. The van der Waals surface area contributed by atoms with Crippen LogP contribution in [0.5, 0.6) is 0 Å². The summed E-state index contributed by atoms with van der Waals surface area (Å²) >= 11 is 0. The standard InChI is InChI=1S/C19H26N6.HI/c1-16-4-6-17(7-5-16)8-11-23-18(20-2)24-12-14-25(15-13-24)19-21-9-3-10-22-19;/h3-7,9-10H,8,11-15H2,1-2H3,(H,20,23);1H. The fraction of sp³-hybridized carbons (Fsp3) is 0.421. The Morgan fingerprint density at radius 3 is 2.35 bits per heavy atom. The van der Waals surface area contributed by atoms with Crippen molar-refractivity contribution in [1.82, 2.24) is 20.2 Å². The van der Waals surface area contributed by atoms with Crippen LogP contribution in [0.1, 0.15) is 11.1 Å². The highest BCUT2D eigenvalue weighted by molar-refractivity contribution is 14.0. The summed E-state index contributed by atoms with van der Waals surface area (Å²) in [6.45, 7) is 6.65. The number of rotatable bonds is 4. The molecule has 2 aromatic rings. The third kappa shape index (κ3) is 5.55. The van der Waals surface area contributed by atoms with Crippen LogP contribution in [0, 0.1) is 6.92 Å². The Balaban J connectivity index is 0.00000243. The topological polar surface area (TPSA) is 56.7 Å². The Hall–Kier alpha value is -1.90. The zero-order valence-corrected chi connectivity index (χ0v) is 17.8. The number of aromatic nitrogens is 2. The first-order valence-electron chi connectivity index (χ1n) is 8.79. The third-order valence-electron chi connectivity index (χ3n) is 4.44. The molecule has 0 spiro atoms. The molecule has 7 heteroatoms. The van der Waals surface area contributed by atoms with Gasteiger partial charge >= 0.3 is 0 Å². The second kappa shape index (κ2) is 10.3. The van der Waals surface area contributed by atoms with Crippen molar-refractivity contribution in [2.45, 2.75) is 13.3 Å². The van der Waals surface area contributed by atoms with E-state index in [4.69, 9.17) is 0 Å². The van der Waals surface area contributed by atoms with Gasteiger partial charge in [0.15, 0.2) is 5.96 Å². The van der Waals surface area contributed by atoms with Crippen LogP contribution in [-0.2, 0) is 6.42 Å². The first-order chi connectivity index (χ1) is 12.3. The number of aliphatic imine (C=N–C) groups is 1. The van der Waals surface area contributed by atoms with E-state index in [1.807, 2.05) is 13.1 Å². The first kappa shape index (κ1) is 20.4. The van der Waals surface area contributed by atoms with Crippen molar-refractivity contribution in [2.24, 2.45) is 4.99 Å². The van der Waals surface area contributed by atoms with Gasteiger partial charge in [0.25, 0.3) is 0 Å². The van der Waals surface area contributed by atoms with Crippen LogP contribution in [0.25, 0.3) is 0 Å². The van der Waals surface area contributed by atoms with E-state index < -0.39 is 0 Å². The van der Waals surface area contributed by atoms with Crippen molar-refractivity contribution in [3.05, 3.63) is 53.9 Å². The van der Waals surface area contributed by atoms with Crippen molar-refractivity contribution in [1.29, 1.82) is 0 Å². The molecule has 1 aliphatic rings. The Kier molecular flexibility index (Phi) is 8.08. The number of guanidine groups is 1. The third-order valence-corrected chi connectivity index (χ3v) is 4.44. The molecule has 0 bridgehead atoms. The van der Waals surface area contributed by atoms with Crippen LogP contribution in [-0.4, -0.2) is 60.6 Å². The molecular formula is C19H27IN6. The smallest absolute Gasteiger partial charge is 0.225 e. The highest BCUT2D eigenvalue weighted by Gasteiger charge is 2.20. The summed E-state index contributed by atoms with van der Waals surface area (Å²) in [5.74, 6) is 1.78. The molecule has 6 nitrogen and oxygen atoms in total. The number of benzene rings is 1. The zero-order chi connectivity index (χ0) is 17.5. The van der Waals surface area contributed by atoms with E-state index in [9.17, 15) is 0 Å². The average molecular weight is 466 g/mol. The van der Waals surface area contributed by atoms with Crippen molar-refractivity contribution in [3.63, 3.8) is 0 Å². The SMILES string of the molecule is CN=C(NCCc1ccc(C)cc1)N1CCN(c2ncccn2)CC1.I. The van der Waals surface area contributed by atoms with Gasteiger partial charge in [-0.1, -0.05) is 29.8 Å². The Morgan fingerprint density at radius 2 is 1.73 bits per heavy atom. The molecule has 140 valence electrons. The lowest BCUT2D eigenvalue weighted by atomic mass is 10.1. The van der Waals surface area contributed by atoms with Crippen molar-refractivity contribution in [2.75, 3.05) is 44.7 Å². The van der Waals surface area contributed by atoms with Gasteiger partial charge in [0.1, 0.15) is 0 Å². The number of nitrogens with one attached hydrogen (secondary N) is 1. The van der Waals surface area contributed by atoms with Crippen LogP contribution in [0.2, 0.25) is 0 Å². The molecule has 3 rings (SSSR count). The fourth-order valence-electron chi connectivity index (χ4n) is 2.98. The van der Waals surface area contributed by atoms with Crippen LogP contribution in [0.15, 0.2) is 47.7 Å². The number of hydrogen-bond acceptors (Lipinski definition) is 4. The largest absolute Gasteiger partial charge is 0.356 e. The van der Waals surface area contributed by atoms with Gasteiger partial charge in [-0.3, -0.25) is 4.99 Å². The van der Waals surface area contributed by atoms with Gasteiger partial charge in [0.05, 0.1) is 0 Å². The number of hydrogen-bond donors (Lipinski definition) is 1.